The Morgan fingerprint density at radius 1 is 1.43 bits per heavy atom. The van der Waals surface area contributed by atoms with Gasteiger partial charge >= 0.3 is 5.97 Å². The number of aliphatic hydroxyl groups excluding tert-OH is 1. The summed E-state index contributed by atoms with van der Waals surface area (Å²) in [5.41, 5.74) is 2.64. The molecule has 3 rings (SSSR count). The van der Waals surface area contributed by atoms with Crippen LogP contribution in [0.2, 0.25) is 0 Å². The number of anilines is 1. The second-order valence-corrected chi connectivity index (χ2v) is 6.38. The summed E-state index contributed by atoms with van der Waals surface area (Å²) in [7, 11) is 1.27. The third-order valence-corrected chi connectivity index (χ3v) is 4.56. The minimum Gasteiger partial charge on any atom is -0.466 e. The number of hydrogen-bond donors (Lipinski definition) is 2. The van der Waals surface area contributed by atoms with Crippen molar-refractivity contribution in [2.24, 2.45) is 0 Å². The Labute approximate surface area is 162 Å². The topological polar surface area (TPSA) is 105 Å². The lowest BCUT2D eigenvalue weighted by Gasteiger charge is -2.15. The molecule has 2 heterocycles. The van der Waals surface area contributed by atoms with Crippen molar-refractivity contribution < 1.29 is 23.8 Å². The Morgan fingerprint density at radius 3 is 2.86 bits per heavy atom. The lowest BCUT2D eigenvalue weighted by atomic mass is 10.1. The van der Waals surface area contributed by atoms with Crippen molar-refractivity contribution in [2.45, 2.75) is 20.3 Å². The van der Waals surface area contributed by atoms with E-state index >= 15 is 0 Å². The number of esters is 1. The summed E-state index contributed by atoms with van der Waals surface area (Å²) >= 11 is 0. The second kappa shape index (κ2) is 8.26. The van der Waals surface area contributed by atoms with Crippen LogP contribution in [0.4, 0.5) is 5.69 Å². The number of aryl methyl sites for hydroxylation is 2. The number of β-amino-alcohol motifs (C(OH)–C–C–N with tert-alkyl or cyclic N) is 1. The first-order valence-electron chi connectivity index (χ1n) is 9.03. The highest BCUT2D eigenvalue weighted by molar-refractivity contribution is 6.08. The molecule has 0 saturated heterocycles. The van der Waals surface area contributed by atoms with Crippen molar-refractivity contribution in [2.75, 3.05) is 32.1 Å². The summed E-state index contributed by atoms with van der Waals surface area (Å²) in [6.07, 6.45) is 0.776. The monoisotopic (exact) mass is 385 g/mol. The van der Waals surface area contributed by atoms with Crippen LogP contribution in [-0.2, 0) is 20.7 Å². The fourth-order valence-corrected chi connectivity index (χ4v) is 3.10. The zero-order valence-corrected chi connectivity index (χ0v) is 16.1. The molecular formula is C20H23N3O5. The van der Waals surface area contributed by atoms with E-state index in [4.69, 9.17) is 14.3 Å². The van der Waals surface area contributed by atoms with Gasteiger partial charge in [-0.2, -0.15) is 0 Å². The highest BCUT2D eigenvalue weighted by Gasteiger charge is 2.34. The van der Waals surface area contributed by atoms with Crippen LogP contribution in [0.25, 0.3) is 11.5 Å². The maximum atomic E-state index is 12.6. The SMILES string of the molecule is CCc1nc(-c2cccc(NC3=C(C(=O)OC)CN(CCO)C3=O)c2)oc1C. The van der Waals surface area contributed by atoms with Gasteiger partial charge in [0.05, 0.1) is 31.5 Å². The summed E-state index contributed by atoms with van der Waals surface area (Å²) in [6.45, 7) is 3.92. The maximum Gasteiger partial charge on any atom is 0.337 e. The van der Waals surface area contributed by atoms with Crippen LogP contribution in [0.5, 0.6) is 0 Å². The fourth-order valence-electron chi connectivity index (χ4n) is 3.10. The third-order valence-electron chi connectivity index (χ3n) is 4.56. The summed E-state index contributed by atoms with van der Waals surface area (Å²) in [5.74, 6) is 0.334. The van der Waals surface area contributed by atoms with E-state index in [9.17, 15) is 9.59 Å². The van der Waals surface area contributed by atoms with E-state index in [1.807, 2.05) is 26.0 Å². The highest BCUT2D eigenvalue weighted by Crippen LogP contribution is 2.27. The van der Waals surface area contributed by atoms with E-state index in [1.165, 1.54) is 12.0 Å². The van der Waals surface area contributed by atoms with Crippen LogP contribution in [-0.4, -0.2) is 53.7 Å². The number of nitrogens with one attached hydrogen (secondary N) is 1. The standard InChI is InChI=1S/C20H23N3O5/c1-4-16-12(2)28-18(22-16)13-6-5-7-14(10-13)21-17-15(20(26)27-3)11-23(8-9-24)19(17)25/h5-7,10,21,24H,4,8-9,11H2,1-3H3. The molecule has 0 spiro atoms. The highest BCUT2D eigenvalue weighted by atomic mass is 16.5. The third kappa shape index (κ3) is 3.77. The molecule has 0 aliphatic carbocycles. The van der Waals surface area contributed by atoms with Crippen molar-refractivity contribution in [1.29, 1.82) is 0 Å². The number of amides is 1. The summed E-state index contributed by atoms with van der Waals surface area (Å²) in [5, 5.41) is 12.2. The second-order valence-electron chi connectivity index (χ2n) is 6.38. The predicted molar refractivity (Wildman–Crippen MR) is 102 cm³/mol. The van der Waals surface area contributed by atoms with Crippen molar-refractivity contribution >= 4 is 17.6 Å². The smallest absolute Gasteiger partial charge is 0.337 e. The average Bonchev–Trinajstić information content (AvgIpc) is 3.23. The van der Waals surface area contributed by atoms with Gasteiger partial charge in [-0.1, -0.05) is 13.0 Å². The van der Waals surface area contributed by atoms with Gasteiger partial charge < -0.3 is 24.5 Å². The molecule has 2 aromatic rings. The lowest BCUT2D eigenvalue weighted by Crippen LogP contribution is -2.31. The van der Waals surface area contributed by atoms with Gasteiger partial charge in [-0.3, -0.25) is 4.79 Å². The molecule has 1 aliphatic rings. The van der Waals surface area contributed by atoms with E-state index in [-0.39, 0.29) is 36.9 Å². The number of methoxy groups -OCH3 is 1. The number of rotatable bonds is 7. The van der Waals surface area contributed by atoms with Gasteiger partial charge in [0.15, 0.2) is 0 Å². The minimum atomic E-state index is -0.580. The molecule has 2 N–H and O–H groups in total. The summed E-state index contributed by atoms with van der Waals surface area (Å²) in [6, 6.07) is 7.25. The number of aliphatic hydroxyl groups is 1. The largest absolute Gasteiger partial charge is 0.466 e. The Hall–Kier alpha value is -3.13. The van der Waals surface area contributed by atoms with Crippen LogP contribution in [0.1, 0.15) is 18.4 Å². The zero-order chi connectivity index (χ0) is 20.3. The number of hydrogen-bond acceptors (Lipinski definition) is 7. The first kappa shape index (κ1) is 19.6. The fraction of sp³-hybridized carbons (Fsp3) is 0.350. The number of carbonyl (C=O) groups is 2. The molecule has 0 bridgehead atoms. The molecule has 0 fully saturated rings. The van der Waals surface area contributed by atoms with Gasteiger partial charge in [0.25, 0.3) is 5.91 Å². The number of aromatic nitrogens is 1. The molecule has 0 saturated carbocycles. The normalized spacial score (nSPS) is 14.0. The van der Waals surface area contributed by atoms with E-state index in [0.29, 0.717) is 11.6 Å². The van der Waals surface area contributed by atoms with Crippen LogP contribution < -0.4 is 5.32 Å². The summed E-state index contributed by atoms with van der Waals surface area (Å²) in [4.78, 5) is 30.6. The van der Waals surface area contributed by atoms with Crippen molar-refractivity contribution in [3.63, 3.8) is 0 Å². The molecule has 8 heteroatoms. The van der Waals surface area contributed by atoms with E-state index < -0.39 is 5.97 Å². The summed E-state index contributed by atoms with van der Waals surface area (Å²) < 4.78 is 10.5. The molecule has 28 heavy (non-hydrogen) atoms. The van der Waals surface area contributed by atoms with Crippen LogP contribution in [0, 0.1) is 6.92 Å². The number of carbonyl (C=O) groups excluding carboxylic acids is 2. The van der Waals surface area contributed by atoms with Crippen LogP contribution >= 0.6 is 0 Å². The molecule has 0 radical (unpaired) electrons. The Balaban J connectivity index is 1.91. The molecular weight excluding hydrogens is 362 g/mol. The number of ether oxygens (including phenoxy) is 1. The van der Waals surface area contributed by atoms with Gasteiger partial charge in [-0.25, -0.2) is 9.78 Å². The van der Waals surface area contributed by atoms with Gasteiger partial charge in [0.2, 0.25) is 5.89 Å². The number of nitrogens with zero attached hydrogens (tertiary/aromatic N) is 2. The molecule has 1 aromatic carbocycles. The van der Waals surface area contributed by atoms with E-state index in [2.05, 4.69) is 10.3 Å². The van der Waals surface area contributed by atoms with Gasteiger partial charge in [0.1, 0.15) is 11.5 Å². The van der Waals surface area contributed by atoms with E-state index in [0.717, 1.165) is 23.4 Å². The Bertz CT molecular complexity index is 932. The average molecular weight is 385 g/mol. The van der Waals surface area contributed by atoms with E-state index in [1.54, 1.807) is 12.1 Å². The number of benzene rings is 1. The lowest BCUT2D eigenvalue weighted by molar-refractivity contribution is -0.136. The predicted octanol–water partition coefficient (Wildman–Crippen LogP) is 1.89. The first-order chi connectivity index (χ1) is 13.5. The van der Waals surface area contributed by atoms with Crippen LogP contribution in [0.15, 0.2) is 40.0 Å². The first-order valence-corrected chi connectivity index (χ1v) is 9.03. The number of oxazole rings is 1. The molecule has 8 nitrogen and oxygen atoms in total. The van der Waals surface area contributed by atoms with Gasteiger partial charge in [-0.05, 0) is 31.5 Å². The molecule has 1 amide bonds. The minimum absolute atomic E-state index is 0.0902. The van der Waals surface area contributed by atoms with Gasteiger partial charge in [-0.15, -0.1) is 0 Å². The van der Waals surface area contributed by atoms with Crippen molar-refractivity contribution in [3.05, 3.63) is 47.0 Å². The zero-order valence-electron chi connectivity index (χ0n) is 16.1. The Kier molecular flexibility index (Phi) is 5.79. The van der Waals surface area contributed by atoms with Crippen molar-refractivity contribution in [3.8, 4) is 11.5 Å². The maximum absolute atomic E-state index is 12.6. The Morgan fingerprint density at radius 2 is 2.21 bits per heavy atom. The quantitative estimate of drug-likeness (QED) is 0.701. The molecule has 1 aromatic heterocycles. The van der Waals surface area contributed by atoms with Crippen LogP contribution in [0.3, 0.4) is 0 Å². The molecule has 0 unspecified atom stereocenters. The molecule has 0 atom stereocenters. The molecule has 1 aliphatic heterocycles. The van der Waals surface area contributed by atoms with Crippen molar-refractivity contribution in [1.82, 2.24) is 9.88 Å². The molecule has 148 valence electrons. The van der Waals surface area contributed by atoms with Gasteiger partial charge in [0, 0.05) is 17.8 Å².